The molecule has 0 spiro atoms. The van der Waals surface area contributed by atoms with Crippen molar-refractivity contribution in [1.29, 1.82) is 0 Å². The zero-order valence-corrected chi connectivity index (χ0v) is 17.7. The highest BCUT2D eigenvalue weighted by molar-refractivity contribution is 6.31. The summed E-state index contributed by atoms with van der Waals surface area (Å²) in [7, 11) is 0. The van der Waals surface area contributed by atoms with Crippen LogP contribution in [0.25, 0.3) is 0 Å². The summed E-state index contributed by atoms with van der Waals surface area (Å²) in [6, 6.07) is 22.8. The molecule has 0 fully saturated rings. The molecule has 0 saturated carbocycles. The first-order chi connectivity index (χ1) is 16.0. The molecule has 0 aliphatic carbocycles. The highest BCUT2D eigenvalue weighted by atomic mass is 19.1. The Morgan fingerprint density at radius 3 is 2.18 bits per heavy atom. The Kier molecular flexibility index (Phi) is 8.64. The summed E-state index contributed by atoms with van der Waals surface area (Å²) in [5.74, 6) is -2.72. The Hall–Kier alpha value is -4.07. The standard InChI is InChI=1S/C25H23F2N3O3/c26-20-11-12-23(22(27)15-20)30-24(31)16-29-33-17-25(32)28-14-13-21(18-7-3-1-4-8-18)19-9-5-2-6-10-19/h1-12,15-16,21H,13-14,17H2,(H,28,32)(H,30,31). The maximum absolute atomic E-state index is 13.5. The molecule has 0 atom stereocenters. The van der Waals surface area contributed by atoms with E-state index >= 15 is 0 Å². The van der Waals surface area contributed by atoms with Gasteiger partial charge in [-0.1, -0.05) is 65.8 Å². The van der Waals surface area contributed by atoms with Crippen LogP contribution in [0.1, 0.15) is 23.5 Å². The van der Waals surface area contributed by atoms with Crippen molar-refractivity contribution in [3.05, 3.63) is 102 Å². The minimum Gasteiger partial charge on any atom is -0.386 e. The van der Waals surface area contributed by atoms with E-state index in [9.17, 15) is 18.4 Å². The number of halogens is 2. The zero-order valence-electron chi connectivity index (χ0n) is 17.7. The van der Waals surface area contributed by atoms with Gasteiger partial charge in [0.15, 0.2) is 6.61 Å². The average molecular weight is 451 g/mol. The van der Waals surface area contributed by atoms with Crippen LogP contribution in [-0.2, 0) is 14.4 Å². The summed E-state index contributed by atoms with van der Waals surface area (Å²) in [6.45, 7) is 0.0424. The Balaban J connectivity index is 1.42. The van der Waals surface area contributed by atoms with E-state index in [2.05, 4.69) is 40.1 Å². The van der Waals surface area contributed by atoms with Gasteiger partial charge in [0.25, 0.3) is 11.8 Å². The van der Waals surface area contributed by atoms with Crippen LogP contribution in [0.15, 0.2) is 84.0 Å². The lowest BCUT2D eigenvalue weighted by molar-refractivity contribution is -0.125. The Bertz CT molecular complexity index is 1050. The van der Waals surface area contributed by atoms with Crippen molar-refractivity contribution in [2.24, 2.45) is 5.16 Å². The van der Waals surface area contributed by atoms with E-state index < -0.39 is 23.4 Å². The molecule has 0 heterocycles. The van der Waals surface area contributed by atoms with Gasteiger partial charge >= 0.3 is 0 Å². The van der Waals surface area contributed by atoms with Gasteiger partial charge in [0, 0.05) is 18.5 Å². The van der Waals surface area contributed by atoms with Crippen LogP contribution in [0.4, 0.5) is 14.5 Å². The van der Waals surface area contributed by atoms with Gasteiger partial charge in [-0.2, -0.15) is 0 Å². The minimum absolute atomic E-state index is 0.127. The Morgan fingerprint density at radius 1 is 0.939 bits per heavy atom. The fourth-order valence-corrected chi connectivity index (χ4v) is 3.24. The molecule has 0 unspecified atom stereocenters. The van der Waals surface area contributed by atoms with Crippen molar-refractivity contribution >= 4 is 23.7 Å². The van der Waals surface area contributed by atoms with E-state index in [4.69, 9.17) is 4.84 Å². The van der Waals surface area contributed by atoms with Gasteiger partial charge in [0.1, 0.15) is 17.8 Å². The second kappa shape index (κ2) is 12.1. The second-order valence-corrected chi connectivity index (χ2v) is 7.13. The number of hydrogen-bond acceptors (Lipinski definition) is 4. The monoisotopic (exact) mass is 451 g/mol. The molecule has 6 nitrogen and oxygen atoms in total. The molecule has 3 aromatic rings. The molecular formula is C25H23F2N3O3. The molecule has 33 heavy (non-hydrogen) atoms. The SMILES string of the molecule is O=C(C=NOCC(=O)NCCC(c1ccccc1)c1ccccc1)Nc1ccc(F)cc1F. The van der Waals surface area contributed by atoms with Crippen molar-refractivity contribution < 1.29 is 23.2 Å². The van der Waals surface area contributed by atoms with E-state index in [0.717, 1.165) is 29.5 Å². The normalized spacial score (nSPS) is 10.9. The zero-order chi connectivity index (χ0) is 23.5. The van der Waals surface area contributed by atoms with Gasteiger partial charge < -0.3 is 15.5 Å². The molecule has 0 bridgehead atoms. The smallest absolute Gasteiger partial charge is 0.270 e. The third-order valence-electron chi connectivity index (χ3n) is 4.79. The van der Waals surface area contributed by atoms with Crippen LogP contribution in [0.3, 0.4) is 0 Å². The Labute approximate surface area is 190 Å². The molecule has 2 amide bonds. The molecule has 0 aromatic heterocycles. The molecule has 0 aliphatic rings. The van der Waals surface area contributed by atoms with Crippen molar-refractivity contribution in [1.82, 2.24) is 5.32 Å². The first kappa shape index (κ1) is 23.6. The maximum Gasteiger partial charge on any atom is 0.270 e. The highest BCUT2D eigenvalue weighted by Crippen LogP contribution is 2.27. The third kappa shape index (κ3) is 7.53. The van der Waals surface area contributed by atoms with Gasteiger partial charge in [-0.15, -0.1) is 0 Å². The van der Waals surface area contributed by atoms with Crippen LogP contribution < -0.4 is 10.6 Å². The predicted octanol–water partition coefficient (Wildman–Crippen LogP) is 4.24. The fraction of sp³-hybridized carbons (Fsp3) is 0.160. The van der Waals surface area contributed by atoms with Crippen LogP contribution in [0.2, 0.25) is 0 Å². The molecule has 170 valence electrons. The van der Waals surface area contributed by atoms with Crippen molar-refractivity contribution in [3.63, 3.8) is 0 Å². The lowest BCUT2D eigenvalue weighted by Gasteiger charge is -2.18. The molecule has 0 radical (unpaired) electrons. The molecule has 0 saturated heterocycles. The third-order valence-corrected chi connectivity index (χ3v) is 4.79. The van der Waals surface area contributed by atoms with Crippen LogP contribution in [0.5, 0.6) is 0 Å². The Morgan fingerprint density at radius 2 is 1.58 bits per heavy atom. The lowest BCUT2D eigenvalue weighted by Crippen LogP contribution is -2.29. The number of hydrogen-bond donors (Lipinski definition) is 2. The number of rotatable bonds is 10. The van der Waals surface area contributed by atoms with E-state index in [1.807, 2.05) is 36.4 Å². The van der Waals surface area contributed by atoms with Crippen LogP contribution >= 0.6 is 0 Å². The number of anilines is 1. The van der Waals surface area contributed by atoms with Gasteiger partial charge in [-0.3, -0.25) is 9.59 Å². The van der Waals surface area contributed by atoms with Crippen LogP contribution in [-0.4, -0.2) is 31.2 Å². The summed E-state index contributed by atoms with van der Waals surface area (Å²) >= 11 is 0. The number of nitrogens with one attached hydrogen (secondary N) is 2. The number of amides is 2. The average Bonchev–Trinajstić information content (AvgIpc) is 2.82. The molecular weight excluding hydrogens is 428 g/mol. The summed E-state index contributed by atoms with van der Waals surface area (Å²) in [6.07, 6.45) is 1.45. The minimum atomic E-state index is -0.915. The quantitative estimate of drug-likeness (QED) is 0.357. The molecule has 2 N–H and O–H groups in total. The molecule has 8 heteroatoms. The van der Waals surface area contributed by atoms with E-state index in [-0.39, 0.29) is 18.2 Å². The number of carbonyl (C=O) groups is 2. The molecule has 3 rings (SSSR count). The van der Waals surface area contributed by atoms with Gasteiger partial charge in [-0.05, 0) is 29.7 Å². The van der Waals surface area contributed by atoms with E-state index in [1.54, 1.807) is 0 Å². The maximum atomic E-state index is 13.5. The number of nitrogens with zero attached hydrogens (tertiary/aromatic N) is 1. The van der Waals surface area contributed by atoms with Crippen molar-refractivity contribution in [2.45, 2.75) is 12.3 Å². The summed E-state index contributed by atoms with van der Waals surface area (Å²) in [5.41, 5.74) is 2.11. The van der Waals surface area contributed by atoms with Gasteiger partial charge in [0.2, 0.25) is 0 Å². The topological polar surface area (TPSA) is 79.8 Å². The number of carbonyl (C=O) groups excluding carboxylic acids is 2. The number of benzene rings is 3. The first-order valence-corrected chi connectivity index (χ1v) is 10.3. The van der Waals surface area contributed by atoms with Gasteiger partial charge in [0.05, 0.1) is 5.69 Å². The molecule has 3 aromatic carbocycles. The predicted molar refractivity (Wildman–Crippen MR) is 122 cm³/mol. The molecule has 0 aliphatic heterocycles. The largest absolute Gasteiger partial charge is 0.386 e. The van der Waals surface area contributed by atoms with Crippen molar-refractivity contribution in [3.8, 4) is 0 Å². The van der Waals surface area contributed by atoms with Crippen LogP contribution in [0, 0.1) is 11.6 Å². The highest BCUT2D eigenvalue weighted by Gasteiger charge is 2.14. The fourth-order valence-electron chi connectivity index (χ4n) is 3.24. The lowest BCUT2D eigenvalue weighted by atomic mass is 9.88. The van der Waals surface area contributed by atoms with E-state index in [1.165, 1.54) is 0 Å². The van der Waals surface area contributed by atoms with Crippen molar-refractivity contribution in [2.75, 3.05) is 18.5 Å². The summed E-state index contributed by atoms with van der Waals surface area (Å²) in [5, 5.41) is 8.36. The van der Waals surface area contributed by atoms with Gasteiger partial charge in [-0.25, -0.2) is 8.78 Å². The second-order valence-electron chi connectivity index (χ2n) is 7.13. The van der Waals surface area contributed by atoms with E-state index in [0.29, 0.717) is 19.0 Å². The number of oxime groups is 1. The first-order valence-electron chi connectivity index (χ1n) is 10.3. The summed E-state index contributed by atoms with van der Waals surface area (Å²) < 4.78 is 26.4. The summed E-state index contributed by atoms with van der Waals surface area (Å²) in [4.78, 5) is 28.5.